The number of hydrogen-bond acceptors (Lipinski definition) is 1. The molecule has 0 aliphatic rings. The molecular weight excluding hydrogens is 591 g/mol. The lowest BCUT2D eigenvalue weighted by Crippen LogP contribution is -2.10. The van der Waals surface area contributed by atoms with Gasteiger partial charge in [0.15, 0.2) is 0 Å². The van der Waals surface area contributed by atoms with Gasteiger partial charge >= 0.3 is 0 Å². The Kier molecular flexibility index (Phi) is 7.22. The zero-order valence-electron chi connectivity index (χ0n) is 27.0. The maximum atomic E-state index is 2.37. The predicted molar refractivity (Wildman–Crippen MR) is 210 cm³/mol. The van der Waals surface area contributed by atoms with Crippen LogP contribution in [0.25, 0.3) is 65.7 Å². The van der Waals surface area contributed by atoms with Crippen LogP contribution in [0.5, 0.6) is 0 Å². The second-order valence-corrected chi connectivity index (χ2v) is 12.6. The van der Waals surface area contributed by atoms with Crippen LogP contribution in [-0.2, 0) is 0 Å². The summed E-state index contributed by atoms with van der Waals surface area (Å²) in [6.45, 7) is 0. The van der Waals surface area contributed by atoms with Gasteiger partial charge in [0.25, 0.3) is 0 Å². The summed E-state index contributed by atoms with van der Waals surface area (Å²) >= 11 is 0. The Morgan fingerprint density at radius 3 is 1.51 bits per heavy atom. The molecule has 0 atom stereocenters. The molecule has 230 valence electrons. The van der Waals surface area contributed by atoms with Gasteiger partial charge in [-0.3, -0.25) is 0 Å². The molecule has 9 aromatic carbocycles. The van der Waals surface area contributed by atoms with Gasteiger partial charge in [-0.05, 0) is 114 Å². The van der Waals surface area contributed by atoms with E-state index in [1.807, 2.05) is 0 Å². The number of benzene rings is 9. The summed E-state index contributed by atoms with van der Waals surface area (Å²) in [6, 6.07) is 72.5. The molecule has 0 saturated carbocycles. The first-order chi connectivity index (χ1) is 24.3. The second-order valence-electron chi connectivity index (χ2n) is 12.6. The van der Waals surface area contributed by atoms with Crippen LogP contribution in [0.1, 0.15) is 0 Å². The number of fused-ring (bicyclic) bond motifs is 4. The number of rotatable bonds is 6. The minimum Gasteiger partial charge on any atom is -0.310 e. The lowest BCUT2D eigenvalue weighted by atomic mass is 9.93. The third kappa shape index (κ3) is 5.42. The summed E-state index contributed by atoms with van der Waals surface area (Å²) in [5.74, 6) is 0. The highest BCUT2D eigenvalue weighted by Crippen LogP contribution is 2.41. The SMILES string of the molecule is c1ccc(-c2cccc(N(c3ccc(-c4cc5ccccc5c5ccccc45)cc3)c3cccc(-c4ccc5ccccc5c4)c3)c2)cc1. The van der Waals surface area contributed by atoms with Crippen molar-refractivity contribution in [3.05, 3.63) is 200 Å². The number of anilines is 3. The van der Waals surface area contributed by atoms with Crippen molar-refractivity contribution in [1.29, 1.82) is 0 Å². The summed E-state index contributed by atoms with van der Waals surface area (Å²) in [7, 11) is 0. The van der Waals surface area contributed by atoms with E-state index in [4.69, 9.17) is 0 Å². The van der Waals surface area contributed by atoms with Crippen LogP contribution in [0.4, 0.5) is 17.1 Å². The van der Waals surface area contributed by atoms with E-state index < -0.39 is 0 Å². The van der Waals surface area contributed by atoms with Crippen LogP contribution < -0.4 is 4.90 Å². The van der Waals surface area contributed by atoms with Gasteiger partial charge in [-0.1, -0.05) is 152 Å². The van der Waals surface area contributed by atoms with Crippen molar-refractivity contribution in [3.8, 4) is 33.4 Å². The predicted octanol–water partition coefficient (Wildman–Crippen LogP) is 13.6. The van der Waals surface area contributed by atoms with Gasteiger partial charge in [-0.2, -0.15) is 0 Å². The molecule has 49 heavy (non-hydrogen) atoms. The first-order valence-corrected chi connectivity index (χ1v) is 16.8. The normalized spacial score (nSPS) is 11.3. The maximum Gasteiger partial charge on any atom is 0.0467 e. The van der Waals surface area contributed by atoms with Crippen LogP contribution in [0.15, 0.2) is 200 Å². The molecule has 9 aromatic rings. The van der Waals surface area contributed by atoms with Crippen molar-refractivity contribution in [2.75, 3.05) is 4.90 Å². The molecule has 0 heterocycles. The van der Waals surface area contributed by atoms with Crippen LogP contribution in [0, 0.1) is 0 Å². The molecule has 0 saturated heterocycles. The molecule has 0 bridgehead atoms. The van der Waals surface area contributed by atoms with Gasteiger partial charge in [-0.25, -0.2) is 0 Å². The Bertz CT molecular complexity index is 2600. The molecule has 0 spiro atoms. The van der Waals surface area contributed by atoms with Gasteiger partial charge < -0.3 is 4.90 Å². The number of hydrogen-bond donors (Lipinski definition) is 0. The molecule has 0 unspecified atom stereocenters. The zero-order chi connectivity index (χ0) is 32.6. The lowest BCUT2D eigenvalue weighted by Gasteiger charge is -2.27. The minimum absolute atomic E-state index is 1.11. The average molecular weight is 624 g/mol. The smallest absolute Gasteiger partial charge is 0.0467 e. The van der Waals surface area contributed by atoms with E-state index in [1.165, 1.54) is 65.7 Å². The maximum absolute atomic E-state index is 2.37. The molecule has 0 fully saturated rings. The van der Waals surface area contributed by atoms with E-state index in [9.17, 15) is 0 Å². The number of nitrogens with zero attached hydrogens (tertiary/aromatic N) is 1. The lowest BCUT2D eigenvalue weighted by molar-refractivity contribution is 1.28. The molecule has 9 rings (SSSR count). The molecular formula is C48H33N. The van der Waals surface area contributed by atoms with E-state index in [0.717, 1.165) is 17.1 Å². The topological polar surface area (TPSA) is 3.24 Å². The van der Waals surface area contributed by atoms with Crippen molar-refractivity contribution >= 4 is 49.4 Å². The van der Waals surface area contributed by atoms with E-state index >= 15 is 0 Å². The van der Waals surface area contributed by atoms with E-state index in [1.54, 1.807) is 0 Å². The Morgan fingerprint density at radius 2 is 0.776 bits per heavy atom. The zero-order valence-corrected chi connectivity index (χ0v) is 27.0. The average Bonchev–Trinajstić information content (AvgIpc) is 3.18. The van der Waals surface area contributed by atoms with Crippen molar-refractivity contribution in [2.45, 2.75) is 0 Å². The summed E-state index contributed by atoms with van der Waals surface area (Å²) in [5, 5.41) is 7.59. The molecule has 0 amide bonds. The molecule has 0 aliphatic heterocycles. The first kappa shape index (κ1) is 28.8. The Balaban J connectivity index is 1.18. The Morgan fingerprint density at radius 1 is 0.245 bits per heavy atom. The molecule has 1 nitrogen and oxygen atoms in total. The van der Waals surface area contributed by atoms with Crippen molar-refractivity contribution < 1.29 is 0 Å². The molecule has 0 N–H and O–H groups in total. The summed E-state index contributed by atoms with van der Waals surface area (Å²) in [6.07, 6.45) is 0. The first-order valence-electron chi connectivity index (χ1n) is 16.8. The highest BCUT2D eigenvalue weighted by atomic mass is 15.1. The van der Waals surface area contributed by atoms with E-state index in [2.05, 4.69) is 205 Å². The fourth-order valence-electron chi connectivity index (χ4n) is 7.18. The van der Waals surface area contributed by atoms with Crippen molar-refractivity contribution in [3.63, 3.8) is 0 Å². The van der Waals surface area contributed by atoms with E-state index in [0.29, 0.717) is 0 Å². The Hall–Kier alpha value is -6.44. The third-order valence-corrected chi connectivity index (χ3v) is 9.60. The second kappa shape index (κ2) is 12.3. The fraction of sp³-hybridized carbons (Fsp3) is 0. The molecule has 0 radical (unpaired) electrons. The van der Waals surface area contributed by atoms with Gasteiger partial charge in [0.1, 0.15) is 0 Å². The third-order valence-electron chi connectivity index (χ3n) is 9.60. The minimum atomic E-state index is 1.11. The van der Waals surface area contributed by atoms with Crippen molar-refractivity contribution in [2.24, 2.45) is 0 Å². The highest BCUT2D eigenvalue weighted by molar-refractivity contribution is 6.13. The summed E-state index contributed by atoms with van der Waals surface area (Å²) < 4.78 is 0. The molecule has 1 heteroatoms. The standard InChI is InChI=1S/C48H33N/c1-2-12-34(13-3-1)38-17-10-19-43(31-38)49(44-20-11-18-39(32-44)40-25-24-35-14-4-5-15-37(35)30-40)42-28-26-36(27-29-42)48-33-41-16-6-7-21-45(41)46-22-8-9-23-47(46)48/h1-33H. The largest absolute Gasteiger partial charge is 0.310 e. The van der Waals surface area contributed by atoms with E-state index in [-0.39, 0.29) is 0 Å². The van der Waals surface area contributed by atoms with Crippen LogP contribution in [-0.4, -0.2) is 0 Å². The Labute approximate surface area is 287 Å². The fourth-order valence-corrected chi connectivity index (χ4v) is 7.18. The molecule has 0 aromatic heterocycles. The van der Waals surface area contributed by atoms with Gasteiger partial charge in [0.05, 0.1) is 0 Å². The van der Waals surface area contributed by atoms with Crippen LogP contribution in [0.2, 0.25) is 0 Å². The summed E-state index contributed by atoms with van der Waals surface area (Å²) in [5.41, 5.74) is 10.6. The van der Waals surface area contributed by atoms with Gasteiger partial charge in [-0.15, -0.1) is 0 Å². The molecule has 0 aliphatic carbocycles. The quantitative estimate of drug-likeness (QED) is 0.167. The highest BCUT2D eigenvalue weighted by Gasteiger charge is 2.16. The van der Waals surface area contributed by atoms with Gasteiger partial charge in [0.2, 0.25) is 0 Å². The van der Waals surface area contributed by atoms with Crippen LogP contribution in [0.3, 0.4) is 0 Å². The monoisotopic (exact) mass is 623 g/mol. The summed E-state index contributed by atoms with van der Waals surface area (Å²) in [4.78, 5) is 2.37. The van der Waals surface area contributed by atoms with Gasteiger partial charge in [0, 0.05) is 17.1 Å². The van der Waals surface area contributed by atoms with Crippen LogP contribution >= 0.6 is 0 Å². The van der Waals surface area contributed by atoms with Crippen molar-refractivity contribution in [1.82, 2.24) is 0 Å².